The summed E-state index contributed by atoms with van der Waals surface area (Å²) in [5.74, 6) is 1.09. The molecule has 9 nitrogen and oxygen atoms in total. The zero-order valence-corrected chi connectivity index (χ0v) is 18.4. The molecule has 4 rings (SSSR count). The maximum atomic E-state index is 11.3. The summed E-state index contributed by atoms with van der Waals surface area (Å²) in [5.41, 5.74) is 9.58. The van der Waals surface area contributed by atoms with Gasteiger partial charge in [-0.25, -0.2) is 15.0 Å². The fourth-order valence-electron chi connectivity index (χ4n) is 3.25. The SMILES string of the molecule is COc1ccc(-c2cc(-c3cccc([N+](=O)[O-])c3)nc(NC(N)=NCc3ccccc3)n2)cc1. The molecule has 0 aliphatic rings. The number of ether oxygens (including phenoxy) is 1. The van der Waals surface area contributed by atoms with Gasteiger partial charge >= 0.3 is 0 Å². The molecule has 1 heterocycles. The van der Waals surface area contributed by atoms with E-state index in [1.807, 2.05) is 54.6 Å². The molecule has 0 amide bonds. The molecule has 1 aromatic heterocycles. The summed E-state index contributed by atoms with van der Waals surface area (Å²) in [4.78, 5) is 24.3. The van der Waals surface area contributed by atoms with E-state index in [0.29, 0.717) is 29.2 Å². The van der Waals surface area contributed by atoms with Crippen molar-refractivity contribution in [3.63, 3.8) is 0 Å². The van der Waals surface area contributed by atoms with Crippen molar-refractivity contribution >= 4 is 17.6 Å². The molecule has 3 N–H and O–H groups in total. The van der Waals surface area contributed by atoms with Crippen LogP contribution in [-0.4, -0.2) is 28.0 Å². The summed E-state index contributed by atoms with van der Waals surface area (Å²) in [6.45, 7) is 0.398. The number of non-ortho nitro benzene ring substituents is 1. The minimum atomic E-state index is -0.442. The number of aliphatic imine (C=N–C) groups is 1. The number of nitrogens with two attached hydrogens (primary N) is 1. The molecule has 0 unspecified atom stereocenters. The van der Waals surface area contributed by atoms with Gasteiger partial charge < -0.3 is 10.5 Å². The number of hydrogen-bond donors (Lipinski definition) is 2. The molecule has 34 heavy (non-hydrogen) atoms. The highest BCUT2D eigenvalue weighted by Crippen LogP contribution is 2.28. The third-order valence-corrected chi connectivity index (χ3v) is 4.98. The summed E-state index contributed by atoms with van der Waals surface area (Å²) in [6.07, 6.45) is 0. The largest absolute Gasteiger partial charge is 0.497 e. The standard InChI is InChI=1S/C25H22N6O3/c1-34-21-12-10-18(11-13-21)22-15-23(19-8-5-9-20(14-19)31(32)33)29-25(28-22)30-24(26)27-16-17-6-3-2-4-7-17/h2-15H,16H2,1H3,(H3,26,27,28,29,30). The van der Waals surface area contributed by atoms with E-state index in [1.54, 1.807) is 25.3 Å². The third kappa shape index (κ3) is 5.52. The van der Waals surface area contributed by atoms with Crippen molar-refractivity contribution in [3.05, 3.63) is 101 Å². The molecular weight excluding hydrogens is 432 g/mol. The van der Waals surface area contributed by atoms with Gasteiger partial charge in [-0.3, -0.25) is 15.4 Å². The van der Waals surface area contributed by atoms with Gasteiger partial charge in [0.05, 0.1) is 30.0 Å². The highest BCUT2D eigenvalue weighted by atomic mass is 16.6. The van der Waals surface area contributed by atoms with E-state index < -0.39 is 4.92 Å². The lowest BCUT2D eigenvalue weighted by Crippen LogP contribution is -2.24. The second-order valence-corrected chi connectivity index (χ2v) is 7.31. The number of nitrogens with zero attached hydrogens (tertiary/aromatic N) is 4. The number of rotatable bonds is 7. The van der Waals surface area contributed by atoms with E-state index in [-0.39, 0.29) is 17.6 Å². The second kappa shape index (κ2) is 10.2. The van der Waals surface area contributed by atoms with Crippen LogP contribution in [0.25, 0.3) is 22.5 Å². The quantitative estimate of drug-likeness (QED) is 0.180. The third-order valence-electron chi connectivity index (χ3n) is 4.98. The molecule has 0 aliphatic heterocycles. The van der Waals surface area contributed by atoms with Crippen LogP contribution in [0.5, 0.6) is 5.75 Å². The number of nitrogens with one attached hydrogen (secondary N) is 1. The molecule has 0 bridgehead atoms. The Bertz CT molecular complexity index is 1320. The minimum absolute atomic E-state index is 0.0273. The van der Waals surface area contributed by atoms with Crippen molar-refractivity contribution in [2.24, 2.45) is 10.7 Å². The highest BCUT2D eigenvalue weighted by Gasteiger charge is 2.13. The fourth-order valence-corrected chi connectivity index (χ4v) is 3.25. The Morgan fingerprint density at radius 1 is 0.971 bits per heavy atom. The van der Waals surface area contributed by atoms with Crippen molar-refractivity contribution in [1.82, 2.24) is 9.97 Å². The second-order valence-electron chi connectivity index (χ2n) is 7.31. The van der Waals surface area contributed by atoms with Gasteiger partial charge in [-0.2, -0.15) is 0 Å². The number of hydrogen-bond acceptors (Lipinski definition) is 6. The average molecular weight is 454 g/mol. The number of aromatic nitrogens is 2. The van der Waals surface area contributed by atoms with E-state index >= 15 is 0 Å². The Kier molecular flexibility index (Phi) is 6.73. The van der Waals surface area contributed by atoms with Crippen molar-refractivity contribution < 1.29 is 9.66 Å². The highest BCUT2D eigenvalue weighted by molar-refractivity contribution is 5.91. The molecule has 0 radical (unpaired) electrons. The first-order valence-corrected chi connectivity index (χ1v) is 10.4. The summed E-state index contributed by atoms with van der Waals surface area (Å²) in [7, 11) is 1.60. The topological polar surface area (TPSA) is 129 Å². The van der Waals surface area contributed by atoms with Gasteiger partial charge in [0.25, 0.3) is 5.69 Å². The Hall–Kier alpha value is -4.79. The Balaban J connectivity index is 1.70. The normalized spacial score (nSPS) is 11.1. The predicted molar refractivity (Wildman–Crippen MR) is 132 cm³/mol. The van der Waals surface area contributed by atoms with E-state index in [0.717, 1.165) is 11.1 Å². The zero-order chi connectivity index (χ0) is 23.9. The average Bonchev–Trinajstić information content (AvgIpc) is 2.88. The summed E-state index contributed by atoms with van der Waals surface area (Å²) in [6, 6.07) is 25.1. The molecular formula is C25H22N6O3. The van der Waals surface area contributed by atoms with Crippen molar-refractivity contribution in [2.45, 2.75) is 6.54 Å². The number of anilines is 1. The number of nitro benzene ring substituents is 1. The first-order valence-electron chi connectivity index (χ1n) is 10.4. The van der Waals surface area contributed by atoms with Crippen LogP contribution in [0.15, 0.2) is 89.9 Å². The van der Waals surface area contributed by atoms with Crippen LogP contribution in [-0.2, 0) is 6.54 Å². The summed E-state index contributed by atoms with van der Waals surface area (Å²) >= 11 is 0. The summed E-state index contributed by atoms with van der Waals surface area (Å²) in [5, 5.41) is 14.2. The lowest BCUT2D eigenvalue weighted by molar-refractivity contribution is -0.384. The minimum Gasteiger partial charge on any atom is -0.497 e. The maximum absolute atomic E-state index is 11.3. The molecule has 170 valence electrons. The van der Waals surface area contributed by atoms with E-state index in [4.69, 9.17) is 10.5 Å². The van der Waals surface area contributed by atoms with Crippen LogP contribution in [0.3, 0.4) is 0 Å². The van der Waals surface area contributed by atoms with Gasteiger partial charge in [0, 0.05) is 23.3 Å². The molecule has 0 saturated carbocycles. The van der Waals surface area contributed by atoms with Crippen LogP contribution in [0.2, 0.25) is 0 Å². The lowest BCUT2D eigenvalue weighted by atomic mass is 10.1. The van der Waals surface area contributed by atoms with Gasteiger partial charge in [-0.1, -0.05) is 42.5 Å². The Morgan fingerprint density at radius 3 is 2.35 bits per heavy atom. The zero-order valence-electron chi connectivity index (χ0n) is 18.4. The predicted octanol–water partition coefficient (Wildman–Crippen LogP) is 4.65. The molecule has 4 aromatic rings. The fraction of sp³-hybridized carbons (Fsp3) is 0.0800. The first kappa shape index (κ1) is 22.4. The van der Waals surface area contributed by atoms with E-state index in [9.17, 15) is 10.1 Å². The monoisotopic (exact) mass is 454 g/mol. The van der Waals surface area contributed by atoms with Gasteiger partial charge in [-0.05, 0) is 35.9 Å². The Morgan fingerprint density at radius 2 is 1.68 bits per heavy atom. The molecule has 0 fully saturated rings. The van der Waals surface area contributed by atoms with Crippen LogP contribution in [0, 0.1) is 10.1 Å². The van der Waals surface area contributed by atoms with Crippen LogP contribution < -0.4 is 15.8 Å². The van der Waals surface area contributed by atoms with Crippen LogP contribution in [0.4, 0.5) is 11.6 Å². The molecule has 3 aromatic carbocycles. The lowest BCUT2D eigenvalue weighted by Gasteiger charge is -2.11. The van der Waals surface area contributed by atoms with Crippen molar-refractivity contribution in [3.8, 4) is 28.3 Å². The molecule has 0 atom stereocenters. The molecule has 9 heteroatoms. The number of nitro groups is 1. The Labute approximate surface area is 196 Å². The van der Waals surface area contributed by atoms with Gasteiger partial charge in [-0.15, -0.1) is 0 Å². The number of benzene rings is 3. The van der Waals surface area contributed by atoms with Crippen LogP contribution >= 0.6 is 0 Å². The number of guanidine groups is 1. The van der Waals surface area contributed by atoms with Crippen molar-refractivity contribution in [1.29, 1.82) is 0 Å². The first-order chi connectivity index (χ1) is 16.5. The van der Waals surface area contributed by atoms with Gasteiger partial charge in [0.1, 0.15) is 5.75 Å². The number of methoxy groups -OCH3 is 1. The van der Waals surface area contributed by atoms with Gasteiger partial charge in [0.15, 0.2) is 5.96 Å². The smallest absolute Gasteiger partial charge is 0.270 e. The van der Waals surface area contributed by atoms with E-state index in [1.165, 1.54) is 12.1 Å². The van der Waals surface area contributed by atoms with E-state index in [2.05, 4.69) is 20.3 Å². The molecule has 0 saturated heterocycles. The maximum Gasteiger partial charge on any atom is 0.270 e. The van der Waals surface area contributed by atoms with Crippen LogP contribution in [0.1, 0.15) is 5.56 Å². The van der Waals surface area contributed by atoms with Crippen molar-refractivity contribution in [2.75, 3.05) is 12.4 Å². The molecule has 0 spiro atoms. The van der Waals surface area contributed by atoms with Gasteiger partial charge in [0.2, 0.25) is 5.95 Å². The molecule has 0 aliphatic carbocycles. The summed E-state index contributed by atoms with van der Waals surface area (Å²) < 4.78 is 5.23.